The lowest BCUT2D eigenvalue weighted by molar-refractivity contribution is 0.475. The van der Waals surface area contributed by atoms with Crippen molar-refractivity contribution in [3.8, 4) is 5.75 Å². The molecule has 1 aliphatic rings. The van der Waals surface area contributed by atoms with Gasteiger partial charge >= 0.3 is 0 Å². The summed E-state index contributed by atoms with van der Waals surface area (Å²) < 4.78 is 1.79. The Morgan fingerprint density at radius 2 is 2.00 bits per heavy atom. The van der Waals surface area contributed by atoms with E-state index in [1.54, 1.807) is 35.0 Å². The quantitative estimate of drug-likeness (QED) is 0.693. The van der Waals surface area contributed by atoms with E-state index < -0.39 is 0 Å². The van der Waals surface area contributed by atoms with E-state index in [0.29, 0.717) is 17.3 Å². The van der Waals surface area contributed by atoms with Gasteiger partial charge in [0.15, 0.2) is 0 Å². The van der Waals surface area contributed by atoms with Crippen LogP contribution in [-0.2, 0) is 0 Å². The van der Waals surface area contributed by atoms with E-state index in [9.17, 15) is 9.90 Å². The summed E-state index contributed by atoms with van der Waals surface area (Å²) in [6.45, 7) is 0. The molecule has 6 nitrogen and oxygen atoms in total. The lowest BCUT2D eigenvalue weighted by Gasteiger charge is -2.16. The van der Waals surface area contributed by atoms with Gasteiger partial charge in [0, 0.05) is 29.4 Å². The number of phenols is 1. The zero-order valence-electron chi connectivity index (χ0n) is 13.4. The van der Waals surface area contributed by atoms with Crippen molar-refractivity contribution in [3.63, 3.8) is 0 Å². The highest BCUT2D eigenvalue weighted by molar-refractivity contribution is 6.32. The average Bonchev–Trinajstić information content (AvgIpc) is 3.12. The van der Waals surface area contributed by atoms with Crippen molar-refractivity contribution in [2.75, 3.05) is 5.32 Å². The fourth-order valence-corrected chi connectivity index (χ4v) is 3.51. The fourth-order valence-electron chi connectivity index (χ4n) is 3.33. The lowest BCUT2D eigenvalue weighted by atomic mass is 10.2. The summed E-state index contributed by atoms with van der Waals surface area (Å²) in [5.41, 5.74) is 1.27. The summed E-state index contributed by atoms with van der Waals surface area (Å²) in [7, 11) is 0. The number of aromatic nitrogens is 3. The zero-order valence-corrected chi connectivity index (χ0v) is 14.2. The maximum Gasteiger partial charge on any atom is 0.252 e. The SMILES string of the molecule is O=c1ccc2cnc(Nc3ccc(O)c(Cl)c3)nc2n1C1CCCC1. The first-order valence-corrected chi connectivity index (χ1v) is 8.63. The van der Waals surface area contributed by atoms with Crippen LogP contribution in [0.5, 0.6) is 5.75 Å². The van der Waals surface area contributed by atoms with Gasteiger partial charge in [0.05, 0.1) is 5.02 Å². The predicted octanol–water partition coefficient (Wildman–Crippen LogP) is 4.01. The molecule has 7 heteroatoms. The van der Waals surface area contributed by atoms with E-state index in [0.717, 1.165) is 31.1 Å². The number of phenolic OH excluding ortho intramolecular Hbond substituents is 1. The Morgan fingerprint density at radius 1 is 1.20 bits per heavy atom. The summed E-state index contributed by atoms with van der Waals surface area (Å²) in [6.07, 6.45) is 5.97. The maximum atomic E-state index is 12.4. The number of aromatic hydroxyl groups is 1. The number of hydrogen-bond acceptors (Lipinski definition) is 5. The van der Waals surface area contributed by atoms with Gasteiger partial charge in [-0.3, -0.25) is 9.36 Å². The van der Waals surface area contributed by atoms with Crippen LogP contribution in [0.4, 0.5) is 11.6 Å². The van der Waals surface area contributed by atoms with Gasteiger partial charge in [-0.2, -0.15) is 4.98 Å². The van der Waals surface area contributed by atoms with Crippen molar-refractivity contribution in [2.45, 2.75) is 31.7 Å². The molecule has 0 aliphatic heterocycles. The summed E-state index contributed by atoms with van der Waals surface area (Å²) in [6, 6.07) is 8.31. The number of benzene rings is 1. The van der Waals surface area contributed by atoms with Gasteiger partial charge in [0.2, 0.25) is 5.95 Å². The summed E-state index contributed by atoms with van der Waals surface area (Å²) in [4.78, 5) is 21.3. The molecular formula is C18H17ClN4O2. The highest BCUT2D eigenvalue weighted by Crippen LogP contribution is 2.31. The maximum absolute atomic E-state index is 12.4. The molecule has 2 heterocycles. The number of pyridine rings is 1. The standard InChI is InChI=1S/C18H17ClN4O2/c19-14-9-12(6-7-15(14)24)21-18-20-10-11-5-8-16(25)23(17(11)22-18)13-3-1-2-4-13/h5-10,13,24H,1-4H2,(H,20,21,22). The van der Waals surface area contributed by atoms with E-state index >= 15 is 0 Å². The molecule has 1 fully saturated rings. The van der Waals surface area contributed by atoms with Crippen molar-refractivity contribution in [1.82, 2.24) is 14.5 Å². The molecule has 0 bridgehead atoms. The van der Waals surface area contributed by atoms with Crippen LogP contribution in [0.15, 0.2) is 41.3 Å². The molecule has 2 aromatic heterocycles. The molecule has 0 amide bonds. The van der Waals surface area contributed by atoms with Crippen LogP contribution < -0.4 is 10.9 Å². The van der Waals surface area contributed by atoms with E-state index in [1.165, 1.54) is 6.07 Å². The Kier molecular flexibility index (Phi) is 4.05. The lowest BCUT2D eigenvalue weighted by Crippen LogP contribution is -2.23. The smallest absolute Gasteiger partial charge is 0.252 e. The van der Waals surface area contributed by atoms with E-state index in [4.69, 9.17) is 11.6 Å². The normalized spacial score (nSPS) is 14.9. The van der Waals surface area contributed by atoms with Crippen molar-refractivity contribution in [1.29, 1.82) is 0 Å². The van der Waals surface area contributed by atoms with Crippen molar-refractivity contribution < 1.29 is 5.11 Å². The van der Waals surface area contributed by atoms with Gasteiger partial charge < -0.3 is 10.4 Å². The monoisotopic (exact) mass is 356 g/mol. The molecule has 0 radical (unpaired) electrons. The van der Waals surface area contributed by atoms with Crippen LogP contribution in [0.25, 0.3) is 11.0 Å². The molecule has 3 aromatic rings. The number of hydrogen-bond donors (Lipinski definition) is 2. The summed E-state index contributed by atoms with van der Waals surface area (Å²) in [5.74, 6) is 0.397. The second-order valence-electron chi connectivity index (χ2n) is 6.24. The molecular weight excluding hydrogens is 340 g/mol. The highest BCUT2D eigenvalue weighted by atomic mass is 35.5. The minimum Gasteiger partial charge on any atom is -0.506 e. The summed E-state index contributed by atoms with van der Waals surface area (Å²) in [5, 5.41) is 13.7. The first kappa shape index (κ1) is 15.9. The third-order valence-corrected chi connectivity index (χ3v) is 4.86. The van der Waals surface area contributed by atoms with Gasteiger partial charge in [-0.05, 0) is 37.1 Å². The molecule has 1 aliphatic carbocycles. The Morgan fingerprint density at radius 3 is 2.76 bits per heavy atom. The molecule has 128 valence electrons. The molecule has 4 rings (SSSR count). The van der Waals surface area contributed by atoms with Crippen LogP contribution in [-0.4, -0.2) is 19.6 Å². The first-order chi connectivity index (χ1) is 12.1. The third kappa shape index (κ3) is 3.05. The number of nitrogens with one attached hydrogen (secondary N) is 1. The zero-order chi connectivity index (χ0) is 17.4. The Labute approximate surface area is 149 Å². The third-order valence-electron chi connectivity index (χ3n) is 4.56. The van der Waals surface area contributed by atoms with E-state index in [-0.39, 0.29) is 22.4 Å². The van der Waals surface area contributed by atoms with Crippen LogP contribution in [0.1, 0.15) is 31.7 Å². The minimum absolute atomic E-state index is 0.0155. The van der Waals surface area contributed by atoms with Gasteiger partial charge in [0.1, 0.15) is 11.4 Å². The molecule has 25 heavy (non-hydrogen) atoms. The highest BCUT2D eigenvalue weighted by Gasteiger charge is 2.20. The van der Waals surface area contributed by atoms with Crippen molar-refractivity contribution in [3.05, 3.63) is 51.9 Å². The molecule has 0 unspecified atom stereocenters. The van der Waals surface area contributed by atoms with Gasteiger partial charge in [-0.15, -0.1) is 0 Å². The van der Waals surface area contributed by atoms with Crippen LogP contribution in [0.2, 0.25) is 5.02 Å². The number of rotatable bonds is 3. The Balaban J connectivity index is 1.77. The van der Waals surface area contributed by atoms with Crippen molar-refractivity contribution >= 4 is 34.3 Å². The van der Waals surface area contributed by atoms with Gasteiger partial charge in [-0.25, -0.2) is 4.98 Å². The van der Waals surface area contributed by atoms with Crippen LogP contribution in [0, 0.1) is 0 Å². The predicted molar refractivity (Wildman–Crippen MR) is 97.7 cm³/mol. The van der Waals surface area contributed by atoms with E-state index in [2.05, 4.69) is 15.3 Å². The number of anilines is 2. The average molecular weight is 357 g/mol. The molecule has 1 saturated carbocycles. The number of fused-ring (bicyclic) bond motifs is 1. The van der Waals surface area contributed by atoms with Crippen molar-refractivity contribution in [2.24, 2.45) is 0 Å². The first-order valence-electron chi connectivity index (χ1n) is 8.26. The Hall–Kier alpha value is -2.60. The second kappa shape index (κ2) is 6.37. The van der Waals surface area contributed by atoms with E-state index in [1.807, 2.05) is 0 Å². The number of halogens is 1. The molecule has 2 N–H and O–H groups in total. The minimum atomic E-state index is -0.0308. The molecule has 1 aromatic carbocycles. The molecule has 0 atom stereocenters. The molecule has 0 spiro atoms. The number of nitrogens with zero attached hydrogens (tertiary/aromatic N) is 3. The Bertz CT molecular complexity index is 996. The van der Waals surface area contributed by atoms with Gasteiger partial charge in [-0.1, -0.05) is 24.4 Å². The fraction of sp³-hybridized carbons (Fsp3) is 0.278. The second-order valence-corrected chi connectivity index (χ2v) is 6.65. The van der Waals surface area contributed by atoms with Crippen LogP contribution >= 0.6 is 11.6 Å². The summed E-state index contributed by atoms with van der Waals surface area (Å²) >= 11 is 5.93. The topological polar surface area (TPSA) is 80.0 Å². The molecule has 0 saturated heterocycles. The van der Waals surface area contributed by atoms with Gasteiger partial charge in [0.25, 0.3) is 5.56 Å². The van der Waals surface area contributed by atoms with Crippen LogP contribution in [0.3, 0.4) is 0 Å². The largest absolute Gasteiger partial charge is 0.506 e.